The van der Waals surface area contributed by atoms with Gasteiger partial charge in [0.1, 0.15) is 5.75 Å². The van der Waals surface area contributed by atoms with Gasteiger partial charge in [-0.15, -0.1) is 0 Å². The number of aromatic nitrogens is 2. The maximum Gasteiger partial charge on any atom is 0.344 e. The summed E-state index contributed by atoms with van der Waals surface area (Å²) in [5.74, 6) is 0.961. The van der Waals surface area contributed by atoms with Gasteiger partial charge in [0.05, 0.1) is 13.3 Å². The topological polar surface area (TPSA) is 50.6 Å². The van der Waals surface area contributed by atoms with Crippen LogP contribution in [-0.4, -0.2) is 58.9 Å². The maximum absolute atomic E-state index is 12.5. The first-order chi connectivity index (χ1) is 12.6. The van der Waals surface area contributed by atoms with E-state index in [0.717, 1.165) is 56.9 Å². The van der Waals surface area contributed by atoms with Crippen LogP contribution in [0.4, 0.5) is 4.79 Å². The Labute approximate surface area is 154 Å². The van der Waals surface area contributed by atoms with E-state index in [0.29, 0.717) is 5.41 Å². The molecule has 0 unspecified atom stereocenters. The van der Waals surface area contributed by atoms with Crippen LogP contribution in [0, 0.1) is 12.3 Å². The van der Waals surface area contributed by atoms with Crippen LogP contribution in [0.25, 0.3) is 0 Å². The van der Waals surface area contributed by atoms with Crippen molar-refractivity contribution in [1.82, 2.24) is 19.6 Å². The van der Waals surface area contributed by atoms with Crippen molar-refractivity contribution in [2.75, 3.05) is 33.3 Å². The number of amides is 1. The Kier molecular flexibility index (Phi) is 4.44. The molecule has 1 spiro atoms. The lowest BCUT2D eigenvalue weighted by Crippen LogP contribution is -2.60. The third-order valence-electron chi connectivity index (χ3n) is 5.71. The first-order valence-electron chi connectivity index (χ1n) is 9.23. The molecular weight excluding hydrogens is 328 g/mol. The summed E-state index contributed by atoms with van der Waals surface area (Å²) >= 11 is 0. The molecule has 2 aromatic rings. The highest BCUT2D eigenvalue weighted by Crippen LogP contribution is 2.41. The smallest absolute Gasteiger partial charge is 0.344 e. The van der Waals surface area contributed by atoms with Crippen LogP contribution >= 0.6 is 0 Å². The Morgan fingerprint density at radius 3 is 2.62 bits per heavy atom. The van der Waals surface area contributed by atoms with Crippen LogP contribution in [0.2, 0.25) is 0 Å². The zero-order valence-corrected chi connectivity index (χ0v) is 15.5. The van der Waals surface area contributed by atoms with Crippen molar-refractivity contribution in [3.63, 3.8) is 0 Å². The largest absolute Gasteiger partial charge is 0.496 e. The number of para-hydroxylation sites is 1. The monoisotopic (exact) mass is 354 g/mol. The van der Waals surface area contributed by atoms with Crippen LogP contribution in [0.1, 0.15) is 24.0 Å². The van der Waals surface area contributed by atoms with Crippen LogP contribution in [0.3, 0.4) is 0 Å². The fourth-order valence-electron chi connectivity index (χ4n) is 4.24. The van der Waals surface area contributed by atoms with Crippen molar-refractivity contribution >= 4 is 6.03 Å². The molecule has 2 aliphatic heterocycles. The number of likely N-dealkylation sites (tertiary alicyclic amines) is 2. The van der Waals surface area contributed by atoms with Crippen molar-refractivity contribution in [3.8, 4) is 5.75 Å². The summed E-state index contributed by atoms with van der Waals surface area (Å²) < 4.78 is 6.92. The molecule has 0 atom stereocenters. The predicted molar refractivity (Wildman–Crippen MR) is 99.3 cm³/mol. The van der Waals surface area contributed by atoms with Gasteiger partial charge in [-0.05, 0) is 36.8 Å². The summed E-state index contributed by atoms with van der Waals surface area (Å²) in [6.07, 6.45) is 5.67. The van der Waals surface area contributed by atoms with Gasteiger partial charge in [-0.3, -0.25) is 4.90 Å². The highest BCUT2D eigenvalue weighted by molar-refractivity contribution is 5.76. The number of hydrogen-bond acceptors (Lipinski definition) is 4. The normalized spacial score (nSPS) is 19.4. The highest BCUT2D eigenvalue weighted by Gasteiger charge is 2.45. The Hall–Kier alpha value is -2.34. The summed E-state index contributed by atoms with van der Waals surface area (Å²) in [5.41, 5.74) is 2.63. The number of carbonyl (C=O) groups is 1. The summed E-state index contributed by atoms with van der Waals surface area (Å²) in [6.45, 7) is 6.73. The number of aryl methyl sites for hydroxylation is 1. The molecule has 0 radical (unpaired) electrons. The summed E-state index contributed by atoms with van der Waals surface area (Å²) in [4.78, 5) is 16.9. The predicted octanol–water partition coefficient (Wildman–Crippen LogP) is 2.77. The number of ether oxygens (including phenoxy) is 1. The lowest BCUT2D eigenvalue weighted by Gasteiger charge is -2.54. The standard InChI is InChI=1S/C20H26N4O2/c1-16-11-21-24(12-16)19(25)23-9-7-20(8-10-23)14-22(15-20)13-17-5-3-4-6-18(17)26-2/h3-6,11-12H,7-10,13-15H2,1-2H3. The van der Waals surface area contributed by atoms with E-state index in [1.807, 2.05) is 24.0 Å². The average Bonchev–Trinajstić information content (AvgIpc) is 3.07. The van der Waals surface area contributed by atoms with Crippen molar-refractivity contribution in [2.45, 2.75) is 26.3 Å². The van der Waals surface area contributed by atoms with Gasteiger partial charge < -0.3 is 9.64 Å². The van der Waals surface area contributed by atoms with Crippen LogP contribution in [-0.2, 0) is 6.54 Å². The Morgan fingerprint density at radius 1 is 1.23 bits per heavy atom. The minimum Gasteiger partial charge on any atom is -0.496 e. The van der Waals surface area contributed by atoms with Gasteiger partial charge in [0, 0.05) is 44.5 Å². The second-order valence-electron chi connectivity index (χ2n) is 7.69. The van der Waals surface area contributed by atoms with E-state index in [1.54, 1.807) is 19.5 Å². The Balaban J connectivity index is 1.30. The number of carbonyl (C=O) groups excluding carboxylic acids is 1. The van der Waals surface area contributed by atoms with Gasteiger partial charge in [0.15, 0.2) is 0 Å². The summed E-state index contributed by atoms with van der Waals surface area (Å²) in [7, 11) is 1.73. The molecule has 2 aliphatic rings. The van der Waals surface area contributed by atoms with Crippen LogP contribution in [0.5, 0.6) is 5.75 Å². The van der Waals surface area contributed by atoms with Crippen molar-refractivity contribution in [3.05, 3.63) is 47.8 Å². The van der Waals surface area contributed by atoms with Gasteiger partial charge in [-0.2, -0.15) is 9.78 Å². The van der Waals surface area contributed by atoms with E-state index in [2.05, 4.69) is 22.1 Å². The Bertz CT molecular complexity index is 785. The van der Waals surface area contributed by atoms with Gasteiger partial charge in [-0.25, -0.2) is 4.79 Å². The maximum atomic E-state index is 12.5. The molecule has 4 rings (SSSR count). The van der Waals surface area contributed by atoms with E-state index < -0.39 is 0 Å². The number of methoxy groups -OCH3 is 1. The molecule has 0 bridgehead atoms. The molecule has 6 nitrogen and oxygen atoms in total. The number of rotatable bonds is 3. The minimum absolute atomic E-state index is 0.00171. The number of piperidine rings is 1. The zero-order valence-electron chi connectivity index (χ0n) is 15.5. The average molecular weight is 354 g/mol. The fraction of sp³-hybridized carbons (Fsp3) is 0.500. The van der Waals surface area contributed by atoms with Crippen molar-refractivity contribution < 1.29 is 9.53 Å². The van der Waals surface area contributed by atoms with Crippen molar-refractivity contribution in [2.24, 2.45) is 5.41 Å². The van der Waals surface area contributed by atoms with Gasteiger partial charge in [0.2, 0.25) is 0 Å². The quantitative estimate of drug-likeness (QED) is 0.850. The number of benzene rings is 1. The Morgan fingerprint density at radius 2 is 1.96 bits per heavy atom. The third kappa shape index (κ3) is 3.21. The first kappa shape index (κ1) is 17.1. The number of hydrogen-bond donors (Lipinski definition) is 0. The zero-order chi connectivity index (χ0) is 18.1. The van der Waals surface area contributed by atoms with E-state index >= 15 is 0 Å². The SMILES string of the molecule is COc1ccccc1CN1CC2(CCN(C(=O)n3cc(C)cn3)CC2)C1. The molecule has 3 heterocycles. The van der Waals surface area contributed by atoms with E-state index in [4.69, 9.17) is 4.74 Å². The molecule has 0 N–H and O–H groups in total. The molecule has 1 amide bonds. The molecule has 6 heteroatoms. The molecule has 138 valence electrons. The van der Waals surface area contributed by atoms with Gasteiger partial charge in [0.25, 0.3) is 0 Å². The van der Waals surface area contributed by atoms with E-state index in [9.17, 15) is 4.79 Å². The first-order valence-corrected chi connectivity index (χ1v) is 9.23. The van der Waals surface area contributed by atoms with Crippen LogP contribution < -0.4 is 4.74 Å². The molecule has 0 aliphatic carbocycles. The summed E-state index contributed by atoms with van der Waals surface area (Å²) in [5, 5.41) is 4.14. The third-order valence-corrected chi connectivity index (χ3v) is 5.71. The second-order valence-corrected chi connectivity index (χ2v) is 7.69. The minimum atomic E-state index is -0.00171. The van der Waals surface area contributed by atoms with E-state index in [-0.39, 0.29) is 6.03 Å². The van der Waals surface area contributed by atoms with E-state index in [1.165, 1.54) is 10.2 Å². The van der Waals surface area contributed by atoms with Gasteiger partial charge in [-0.1, -0.05) is 18.2 Å². The molecular formula is C20H26N4O2. The van der Waals surface area contributed by atoms with Crippen molar-refractivity contribution in [1.29, 1.82) is 0 Å². The molecule has 2 saturated heterocycles. The number of nitrogens with zero attached hydrogens (tertiary/aromatic N) is 4. The second kappa shape index (κ2) is 6.76. The molecule has 0 saturated carbocycles. The lowest BCUT2D eigenvalue weighted by molar-refractivity contribution is -0.0446. The molecule has 1 aromatic heterocycles. The molecule has 1 aromatic carbocycles. The lowest BCUT2D eigenvalue weighted by atomic mass is 9.72. The molecule has 26 heavy (non-hydrogen) atoms. The molecule has 2 fully saturated rings. The summed E-state index contributed by atoms with van der Waals surface area (Å²) in [6, 6.07) is 8.23. The highest BCUT2D eigenvalue weighted by atomic mass is 16.5. The fourth-order valence-corrected chi connectivity index (χ4v) is 4.24. The van der Waals surface area contributed by atoms with Gasteiger partial charge >= 0.3 is 6.03 Å². The van der Waals surface area contributed by atoms with Crippen LogP contribution in [0.15, 0.2) is 36.7 Å².